The number of carbonyl (C=O) groups is 5. The van der Waals surface area contributed by atoms with E-state index in [0.29, 0.717) is 0 Å². The normalized spacial score (nSPS) is 42.2. The summed E-state index contributed by atoms with van der Waals surface area (Å²) in [5, 5.41) is 252. The Balaban J connectivity index is 1.27. The second-order valence-corrected chi connectivity index (χ2v) is 27.3. The molecule has 39 atom stereocenters. The van der Waals surface area contributed by atoms with Gasteiger partial charge in [0.1, 0.15) is 195 Å². The summed E-state index contributed by atoms with van der Waals surface area (Å²) in [4.78, 5) is 68.2. The van der Waals surface area contributed by atoms with Crippen molar-refractivity contribution >= 4 is 35.4 Å². The number of aromatic nitrogens is 1. The van der Waals surface area contributed by atoms with E-state index < -0.39 is 321 Å². The van der Waals surface area contributed by atoms with E-state index in [-0.39, 0.29) is 12.4 Å². The number of nitrogens with one attached hydrogen (secondary N) is 6. The Hall–Kier alpha value is -5.10. The molecular formula is C63H103N7O40. The van der Waals surface area contributed by atoms with Crippen molar-refractivity contribution < 1.29 is 198 Å². The van der Waals surface area contributed by atoms with Gasteiger partial charge in [-0.3, -0.25) is 24.0 Å². The van der Waals surface area contributed by atoms with Gasteiger partial charge in [-0.05, 0) is 12.1 Å². The van der Waals surface area contributed by atoms with Crippen LogP contribution in [0.1, 0.15) is 34.6 Å². The Kier molecular flexibility index (Phi) is 33.7. The monoisotopic (exact) mass is 1600 g/mol. The van der Waals surface area contributed by atoms with Gasteiger partial charge in [-0.1, -0.05) is 6.07 Å². The van der Waals surface area contributed by atoms with E-state index in [1.807, 2.05) is 0 Å². The molecule has 7 aliphatic rings. The van der Waals surface area contributed by atoms with Crippen LogP contribution in [0.2, 0.25) is 0 Å². The molecule has 0 aliphatic carbocycles. The van der Waals surface area contributed by atoms with Crippen LogP contribution in [0.3, 0.4) is 0 Å². The van der Waals surface area contributed by atoms with Gasteiger partial charge in [0.25, 0.3) is 0 Å². The summed E-state index contributed by atoms with van der Waals surface area (Å²) in [6.45, 7) is -4.58. The summed E-state index contributed by atoms with van der Waals surface area (Å²) < 4.78 is 86.3. The molecular weight excluding hydrogens is 1490 g/mol. The summed E-state index contributed by atoms with van der Waals surface area (Å²) in [5.41, 5.74) is 0. The van der Waals surface area contributed by atoms with Crippen LogP contribution in [-0.4, -0.2) is 440 Å². The van der Waals surface area contributed by atoms with E-state index in [4.69, 9.17) is 66.3 Å². The van der Waals surface area contributed by atoms with Gasteiger partial charge in [0.15, 0.2) is 44.0 Å². The molecule has 630 valence electrons. The van der Waals surface area contributed by atoms with Crippen LogP contribution in [0.15, 0.2) is 24.4 Å². The summed E-state index contributed by atoms with van der Waals surface area (Å²) in [6, 6.07) is -4.26. The van der Waals surface area contributed by atoms with Gasteiger partial charge in [0.05, 0.1) is 58.9 Å². The van der Waals surface area contributed by atoms with Gasteiger partial charge in [0.2, 0.25) is 29.5 Å². The van der Waals surface area contributed by atoms with Crippen LogP contribution in [0.5, 0.6) is 0 Å². The Bertz CT molecular complexity index is 3050. The zero-order chi connectivity index (χ0) is 81.0. The number of anilines is 1. The van der Waals surface area contributed by atoms with E-state index >= 15 is 0 Å². The molecule has 110 heavy (non-hydrogen) atoms. The van der Waals surface area contributed by atoms with Crippen molar-refractivity contribution in [3.8, 4) is 0 Å². The van der Waals surface area contributed by atoms with Crippen LogP contribution in [-0.2, 0) is 90.3 Å². The molecule has 0 radical (unpaired) electrons. The van der Waals surface area contributed by atoms with Crippen LogP contribution in [0.4, 0.5) is 5.82 Å². The van der Waals surface area contributed by atoms with Crippen LogP contribution < -0.4 is 31.9 Å². The minimum Gasteiger partial charge on any atom is -0.394 e. The van der Waals surface area contributed by atoms with Gasteiger partial charge in [0, 0.05) is 47.4 Å². The van der Waals surface area contributed by atoms with E-state index in [1.54, 1.807) is 12.1 Å². The quantitative estimate of drug-likeness (QED) is 0.0311. The van der Waals surface area contributed by atoms with Crippen LogP contribution in [0, 0.1) is 0 Å². The van der Waals surface area contributed by atoms with Crippen molar-refractivity contribution in [1.29, 1.82) is 0 Å². The topological polar surface area (TPSA) is 724 Å². The fraction of sp³-hybridized carbons (Fsp3) is 0.841. The maximum atomic E-state index is 13.2. The lowest BCUT2D eigenvalue weighted by atomic mass is 9.93. The highest BCUT2D eigenvalue weighted by Crippen LogP contribution is 2.40. The molecule has 27 N–H and O–H groups in total. The Labute approximate surface area is 625 Å². The molecule has 1 aromatic rings. The minimum absolute atomic E-state index is 0.244. The van der Waals surface area contributed by atoms with Crippen molar-refractivity contribution in [2.24, 2.45) is 0 Å². The van der Waals surface area contributed by atoms with Crippen LogP contribution >= 0.6 is 0 Å². The molecule has 5 amide bonds. The zero-order valence-electron chi connectivity index (χ0n) is 59.8. The van der Waals surface area contributed by atoms with Gasteiger partial charge in [-0.2, -0.15) is 0 Å². The first-order valence-corrected chi connectivity index (χ1v) is 35.1. The lowest BCUT2D eigenvalue weighted by molar-refractivity contribution is -0.407. The number of amides is 5. The minimum atomic E-state index is -2.67. The molecule has 7 saturated heterocycles. The number of rotatable bonds is 33. The van der Waals surface area contributed by atoms with Crippen molar-refractivity contribution in [2.45, 2.75) is 274 Å². The molecule has 7 fully saturated rings. The van der Waals surface area contributed by atoms with E-state index in [9.17, 15) is 131 Å². The number of pyridine rings is 1. The molecule has 8 rings (SSSR count). The van der Waals surface area contributed by atoms with Gasteiger partial charge < -0.3 is 205 Å². The lowest BCUT2D eigenvalue weighted by Gasteiger charge is -2.52. The average Bonchev–Trinajstić information content (AvgIpc) is 0.759. The molecule has 0 bridgehead atoms. The first-order valence-electron chi connectivity index (χ1n) is 35.1. The molecule has 0 spiro atoms. The second kappa shape index (κ2) is 41.0. The molecule has 47 heteroatoms. The highest BCUT2D eigenvalue weighted by atomic mass is 16.8. The number of carbonyl (C=O) groups excluding carboxylic acids is 5. The largest absolute Gasteiger partial charge is 0.394 e. The lowest BCUT2D eigenvalue weighted by Crippen LogP contribution is -2.71. The highest BCUT2D eigenvalue weighted by molar-refractivity contribution is 5.75. The first-order chi connectivity index (χ1) is 52.1. The zero-order valence-corrected chi connectivity index (χ0v) is 59.8. The SMILES string of the molecule is CC(=O)N[C@H]1[C@H](O[C@@H]([C@H](O)[C@H](CNc2ccccn2)NC(C)=O)[C@H](O)CO)O[C@H](CO)[C@@H](O[C@@H]2O[C@H](CO[C@H]3O[C@H](CO)[C@@H](O)[C@H](O)[C@@H]3O[C@@H]3O[C@H](CO)[C@@H](O)[C@H](O)[C@H]3NC(C)=O)[C@@H](O[C@@H]3O[C@H](CO)[C@@H](O)[C@H](O)[C@H]3NC(C)=O)[C@H](O[C@H]3O[C@H](CO)[C@@H](O)[C@H](O)[C@@H]3O[C@@H]3O[C@H](CO)[C@@H](O)[C@H](O)[C@H]3NC(C)=O)[C@@H]2O)[C@@H]1O. The molecule has 1 aromatic heterocycles. The van der Waals surface area contributed by atoms with Crippen molar-refractivity contribution in [2.75, 3.05) is 64.7 Å². The summed E-state index contributed by atoms with van der Waals surface area (Å²) in [7, 11) is 0. The number of aliphatic hydroxyl groups is 21. The summed E-state index contributed by atoms with van der Waals surface area (Å²) in [6.07, 6.45) is -71.6. The fourth-order valence-corrected chi connectivity index (χ4v) is 13.7. The van der Waals surface area contributed by atoms with Crippen molar-refractivity contribution in [3.05, 3.63) is 24.4 Å². The third-order valence-electron chi connectivity index (χ3n) is 19.3. The Morgan fingerprint density at radius 3 is 1.18 bits per heavy atom. The summed E-state index contributed by atoms with van der Waals surface area (Å²) in [5.74, 6) is -4.16. The van der Waals surface area contributed by atoms with Crippen molar-refractivity contribution in [1.82, 2.24) is 31.6 Å². The first kappa shape index (κ1) is 90.4. The standard InChI is InChI=1S/C63H103N7O40/c1-19(78)66-24(10-65-33-8-6-7-9-64-33)38(84)51(25(83)11-71)105-60-37(70-23(5)82)47(93)52(31(17-77)103-60)106-61-50(96)54(108-63-56(49(95)43(89)30(16-76)102-63)110-59-36(69-22(4)81)46(92)41(87)28(14-74)100-59)53(107-57-34(67-20(2)79)44(90)39(85)26(12-72)98-57)32(104-61)18-97-62-55(48(94)42(88)29(15-75)101-62)109-58-35(68-21(3)80)45(91)40(86)27(13-73)99-58/h6-9,24-32,34-63,71-77,83-96H,10-18H2,1-5H3,(H,64,65)(H,66,78)(H,67,79)(H,68,80)(H,69,81)(H,70,82)/t24-,25+,26+,27+,28+,29+,30+,31+,32+,34+,35+,36+,37+,38+,39+,40+,41+,42+,43+,44+,45+,46+,47+,48-,49-,50-,51+,52+,53+,54+,55-,56-,57-,58-,59-,60-,61-,62-,63+/m0/s1. The smallest absolute Gasteiger partial charge is 0.217 e. The van der Waals surface area contributed by atoms with Crippen LogP contribution in [0.25, 0.3) is 0 Å². The Morgan fingerprint density at radius 1 is 0.400 bits per heavy atom. The predicted molar refractivity (Wildman–Crippen MR) is 350 cm³/mol. The average molecular weight is 1600 g/mol. The van der Waals surface area contributed by atoms with Gasteiger partial charge in [-0.25, -0.2) is 4.98 Å². The fourth-order valence-electron chi connectivity index (χ4n) is 13.7. The molecule has 0 unspecified atom stereocenters. The second-order valence-electron chi connectivity index (χ2n) is 27.3. The maximum Gasteiger partial charge on any atom is 0.217 e. The number of aliphatic hydroxyl groups excluding tert-OH is 21. The van der Waals surface area contributed by atoms with E-state index in [1.165, 1.54) is 12.3 Å². The van der Waals surface area contributed by atoms with Gasteiger partial charge in [-0.15, -0.1) is 0 Å². The molecule has 0 aromatic carbocycles. The summed E-state index contributed by atoms with van der Waals surface area (Å²) >= 11 is 0. The third-order valence-corrected chi connectivity index (χ3v) is 19.3. The molecule has 0 saturated carbocycles. The van der Waals surface area contributed by atoms with Crippen molar-refractivity contribution in [3.63, 3.8) is 0 Å². The van der Waals surface area contributed by atoms with Gasteiger partial charge >= 0.3 is 0 Å². The number of ether oxygens (including phenoxy) is 14. The predicted octanol–water partition coefficient (Wildman–Crippen LogP) is -16.6. The number of hydrogen-bond donors (Lipinski definition) is 27. The Morgan fingerprint density at radius 2 is 0.773 bits per heavy atom. The number of hydrogen-bond acceptors (Lipinski definition) is 42. The molecule has 7 aliphatic heterocycles. The highest BCUT2D eigenvalue weighted by Gasteiger charge is 2.61. The molecule has 47 nitrogen and oxygen atoms in total. The number of nitrogens with zero attached hydrogens (tertiary/aromatic N) is 1. The molecule has 8 heterocycles. The van der Waals surface area contributed by atoms with E-state index in [2.05, 4.69) is 36.9 Å². The van der Waals surface area contributed by atoms with E-state index in [0.717, 1.165) is 34.6 Å². The maximum absolute atomic E-state index is 13.2. The third kappa shape index (κ3) is 21.5.